The molecule has 3 rings (SSSR count). The lowest BCUT2D eigenvalue weighted by atomic mass is 10.0. The van der Waals surface area contributed by atoms with E-state index in [1.807, 2.05) is 0 Å². The Bertz CT molecular complexity index is 1030. The van der Waals surface area contributed by atoms with Crippen molar-refractivity contribution in [2.24, 2.45) is 0 Å². The van der Waals surface area contributed by atoms with Gasteiger partial charge in [-0.15, -0.1) is 5.10 Å². The van der Waals surface area contributed by atoms with E-state index in [1.54, 1.807) is 0 Å². The molecule has 0 amide bonds. The van der Waals surface area contributed by atoms with E-state index < -0.39 is 40.8 Å². The molecule has 1 aromatic carbocycles. The van der Waals surface area contributed by atoms with Gasteiger partial charge >= 0.3 is 18.3 Å². The van der Waals surface area contributed by atoms with Gasteiger partial charge in [0.1, 0.15) is 6.33 Å². The molecular weight excluding hydrogens is 408 g/mol. The molecule has 1 N–H and O–H groups in total. The fraction of sp³-hybridized carbons (Fsp3) is 0.118. The van der Waals surface area contributed by atoms with Crippen LogP contribution in [-0.4, -0.2) is 25.8 Å². The SMILES string of the molecule is O=C(O)C(=Cn1cnc(-c2cc(C(F)(F)F)cc(C(F)(F)F)c2)n1)c1ccoc1. The summed E-state index contributed by atoms with van der Waals surface area (Å²) in [4.78, 5) is 15.1. The van der Waals surface area contributed by atoms with Crippen molar-refractivity contribution in [3.8, 4) is 11.4 Å². The number of aliphatic carboxylic acids is 1. The maximum absolute atomic E-state index is 13.0. The highest BCUT2D eigenvalue weighted by Gasteiger charge is 2.37. The Morgan fingerprint density at radius 2 is 1.69 bits per heavy atom. The van der Waals surface area contributed by atoms with Gasteiger partial charge in [0.2, 0.25) is 0 Å². The van der Waals surface area contributed by atoms with Crippen LogP contribution in [-0.2, 0) is 17.1 Å². The summed E-state index contributed by atoms with van der Waals surface area (Å²) in [5, 5.41) is 13.0. The Balaban J connectivity index is 2.06. The first-order chi connectivity index (χ1) is 13.4. The second-order valence-electron chi connectivity index (χ2n) is 5.70. The zero-order valence-electron chi connectivity index (χ0n) is 14.0. The molecule has 0 saturated carbocycles. The molecular formula is C17H9F6N3O3. The molecule has 2 aromatic heterocycles. The van der Waals surface area contributed by atoms with Gasteiger partial charge in [0.25, 0.3) is 0 Å². The summed E-state index contributed by atoms with van der Waals surface area (Å²) in [6.07, 6.45) is -5.74. The molecule has 0 bridgehead atoms. The summed E-state index contributed by atoms with van der Waals surface area (Å²) >= 11 is 0. The van der Waals surface area contributed by atoms with E-state index in [-0.39, 0.29) is 17.2 Å². The molecule has 0 saturated heterocycles. The molecule has 0 atom stereocenters. The molecule has 0 aliphatic heterocycles. The van der Waals surface area contributed by atoms with Gasteiger partial charge in [0, 0.05) is 17.3 Å². The summed E-state index contributed by atoms with van der Waals surface area (Å²) in [7, 11) is 0. The number of carboxylic acid groups (broad SMARTS) is 1. The summed E-state index contributed by atoms with van der Waals surface area (Å²) in [6, 6.07) is 2.29. The van der Waals surface area contributed by atoms with E-state index in [2.05, 4.69) is 10.1 Å². The molecule has 29 heavy (non-hydrogen) atoms. The van der Waals surface area contributed by atoms with Gasteiger partial charge in [-0.05, 0) is 24.3 Å². The summed E-state index contributed by atoms with van der Waals surface area (Å²) in [6.45, 7) is 0. The average Bonchev–Trinajstić information content (AvgIpc) is 3.29. The van der Waals surface area contributed by atoms with Crippen molar-refractivity contribution >= 4 is 17.7 Å². The second-order valence-corrected chi connectivity index (χ2v) is 5.70. The molecule has 0 spiro atoms. The molecule has 0 unspecified atom stereocenters. The number of nitrogens with zero attached hydrogens (tertiary/aromatic N) is 3. The largest absolute Gasteiger partial charge is 0.478 e. The van der Waals surface area contributed by atoms with Gasteiger partial charge < -0.3 is 9.52 Å². The van der Waals surface area contributed by atoms with E-state index in [0.717, 1.165) is 23.5 Å². The molecule has 0 radical (unpaired) electrons. The summed E-state index contributed by atoms with van der Waals surface area (Å²) in [5.41, 5.74) is -3.67. The van der Waals surface area contributed by atoms with Crippen LogP contribution >= 0.6 is 0 Å². The Kier molecular flexibility index (Phi) is 4.95. The number of hydrogen-bond donors (Lipinski definition) is 1. The average molecular weight is 417 g/mol. The highest BCUT2D eigenvalue weighted by molar-refractivity contribution is 6.19. The zero-order valence-corrected chi connectivity index (χ0v) is 14.0. The normalized spacial score (nSPS) is 13.0. The lowest BCUT2D eigenvalue weighted by molar-refractivity contribution is -0.143. The third-order valence-electron chi connectivity index (χ3n) is 3.68. The van der Waals surface area contributed by atoms with Crippen molar-refractivity contribution in [2.45, 2.75) is 12.4 Å². The van der Waals surface area contributed by atoms with Crippen molar-refractivity contribution in [2.75, 3.05) is 0 Å². The quantitative estimate of drug-likeness (QED) is 0.493. The number of benzene rings is 1. The van der Waals surface area contributed by atoms with E-state index in [0.29, 0.717) is 12.1 Å². The molecule has 6 nitrogen and oxygen atoms in total. The predicted octanol–water partition coefficient (Wildman–Crippen LogP) is 4.66. The van der Waals surface area contributed by atoms with Crippen LogP contribution in [0.3, 0.4) is 0 Å². The molecule has 0 aliphatic rings. The lowest BCUT2D eigenvalue weighted by Gasteiger charge is -2.13. The van der Waals surface area contributed by atoms with E-state index in [1.165, 1.54) is 12.3 Å². The molecule has 12 heteroatoms. The predicted molar refractivity (Wildman–Crippen MR) is 86.0 cm³/mol. The van der Waals surface area contributed by atoms with Gasteiger partial charge in [0.05, 0.1) is 29.2 Å². The third kappa shape index (κ3) is 4.47. The summed E-state index contributed by atoms with van der Waals surface area (Å²) in [5.74, 6) is -1.81. The van der Waals surface area contributed by atoms with Crippen LogP contribution in [0, 0.1) is 0 Å². The number of aromatic nitrogens is 3. The van der Waals surface area contributed by atoms with Crippen LogP contribution in [0.15, 0.2) is 47.5 Å². The monoisotopic (exact) mass is 417 g/mol. The second kappa shape index (κ2) is 7.11. The first-order valence-corrected chi connectivity index (χ1v) is 7.64. The zero-order chi connectivity index (χ0) is 21.4. The van der Waals surface area contributed by atoms with Gasteiger partial charge in [-0.1, -0.05) is 0 Å². The van der Waals surface area contributed by atoms with Gasteiger partial charge in [-0.3, -0.25) is 0 Å². The maximum Gasteiger partial charge on any atom is 0.416 e. The van der Waals surface area contributed by atoms with Crippen LogP contribution in [0.4, 0.5) is 26.3 Å². The van der Waals surface area contributed by atoms with Crippen LogP contribution in [0.1, 0.15) is 16.7 Å². The highest BCUT2D eigenvalue weighted by atomic mass is 19.4. The van der Waals surface area contributed by atoms with Crippen molar-refractivity contribution in [3.05, 3.63) is 59.8 Å². The Morgan fingerprint density at radius 1 is 1.07 bits per heavy atom. The number of halogens is 6. The fourth-order valence-electron chi connectivity index (χ4n) is 2.36. The minimum absolute atomic E-state index is 0.0121. The van der Waals surface area contributed by atoms with E-state index in [9.17, 15) is 36.2 Å². The first-order valence-electron chi connectivity index (χ1n) is 7.64. The van der Waals surface area contributed by atoms with Gasteiger partial charge in [0.15, 0.2) is 5.82 Å². The third-order valence-corrected chi connectivity index (χ3v) is 3.68. The molecule has 0 fully saturated rings. The molecule has 3 aromatic rings. The van der Waals surface area contributed by atoms with Crippen molar-refractivity contribution in [1.82, 2.24) is 14.8 Å². The number of carboxylic acids is 1. The number of alkyl halides is 6. The Hall–Kier alpha value is -3.57. The smallest absolute Gasteiger partial charge is 0.416 e. The van der Waals surface area contributed by atoms with Crippen LogP contribution < -0.4 is 0 Å². The highest BCUT2D eigenvalue weighted by Crippen LogP contribution is 2.38. The lowest BCUT2D eigenvalue weighted by Crippen LogP contribution is -2.11. The van der Waals surface area contributed by atoms with Crippen LogP contribution in [0.2, 0.25) is 0 Å². The van der Waals surface area contributed by atoms with Crippen molar-refractivity contribution in [1.29, 1.82) is 0 Å². The van der Waals surface area contributed by atoms with Crippen LogP contribution in [0.25, 0.3) is 23.2 Å². The topological polar surface area (TPSA) is 81.1 Å². The molecule has 2 heterocycles. The molecule has 0 aliphatic carbocycles. The fourth-order valence-corrected chi connectivity index (χ4v) is 2.36. The Morgan fingerprint density at radius 3 is 2.17 bits per heavy atom. The minimum atomic E-state index is -5.02. The molecule has 152 valence electrons. The Labute approximate surface area is 157 Å². The van der Waals surface area contributed by atoms with E-state index >= 15 is 0 Å². The van der Waals surface area contributed by atoms with E-state index in [4.69, 9.17) is 4.42 Å². The summed E-state index contributed by atoms with van der Waals surface area (Å²) < 4.78 is 83.5. The standard InChI is InChI=1S/C17H9F6N3O3/c18-16(19,20)11-3-10(4-12(5-11)17(21,22)23)14-24-8-26(25-14)6-13(15(27)28)9-1-2-29-7-9/h1-8H,(H,27,28). The van der Waals surface area contributed by atoms with Crippen LogP contribution in [0.5, 0.6) is 0 Å². The van der Waals surface area contributed by atoms with Crippen molar-refractivity contribution in [3.63, 3.8) is 0 Å². The van der Waals surface area contributed by atoms with Gasteiger partial charge in [-0.25, -0.2) is 14.5 Å². The minimum Gasteiger partial charge on any atom is -0.478 e. The first kappa shape index (κ1) is 20.2. The van der Waals surface area contributed by atoms with Gasteiger partial charge in [-0.2, -0.15) is 26.3 Å². The number of hydrogen-bond acceptors (Lipinski definition) is 4. The number of furan rings is 1. The number of carbonyl (C=O) groups is 1. The number of rotatable bonds is 4. The maximum atomic E-state index is 13.0. The van der Waals surface area contributed by atoms with Crippen molar-refractivity contribution < 1.29 is 40.7 Å².